The maximum Gasteiger partial charge on any atom is 0.220 e. The molecule has 0 saturated heterocycles. The van der Waals surface area contributed by atoms with Crippen LogP contribution < -0.4 is 15.1 Å². The van der Waals surface area contributed by atoms with Crippen molar-refractivity contribution in [1.82, 2.24) is 5.32 Å². The summed E-state index contributed by atoms with van der Waals surface area (Å²) in [5, 5.41) is 11.5. The van der Waals surface area contributed by atoms with E-state index in [1.807, 2.05) is 0 Å². The van der Waals surface area contributed by atoms with Gasteiger partial charge in [-0.3, -0.25) is 4.79 Å². The number of aliphatic hydroxyl groups is 1. The molecule has 29 heavy (non-hydrogen) atoms. The van der Waals surface area contributed by atoms with Crippen LogP contribution in [0.3, 0.4) is 0 Å². The first kappa shape index (κ1) is 28.3. The topological polar surface area (TPSA) is 122 Å². The maximum absolute atomic E-state index is 11.8. The summed E-state index contributed by atoms with van der Waals surface area (Å²) < 4.78 is 14.5. The molecule has 0 fully saturated rings. The summed E-state index contributed by atoms with van der Waals surface area (Å²) in [5.41, 5.74) is 0. The summed E-state index contributed by atoms with van der Waals surface area (Å²) in [4.78, 5) is 32.6. The summed E-state index contributed by atoms with van der Waals surface area (Å²) in [7, 11) is -5.10. The number of rotatable bonds is 20. The van der Waals surface area contributed by atoms with E-state index in [0.29, 0.717) is 6.42 Å². The lowest BCUT2D eigenvalue weighted by atomic mass is 10.1. The summed E-state index contributed by atoms with van der Waals surface area (Å²) in [6.45, 7) is 1.21. The SMILES string of the molecule is CCCCCCCC/C=C\CCCCCCCC(=O)N[C@H](CO)COP(=O)([O-])[O-]. The minimum Gasteiger partial charge on any atom is -0.790 e. The van der Waals surface area contributed by atoms with Crippen LogP contribution >= 0.6 is 7.82 Å². The highest BCUT2D eigenvalue weighted by Crippen LogP contribution is 2.24. The molecule has 1 amide bonds. The first-order chi connectivity index (χ1) is 13.9. The minimum absolute atomic E-state index is 0.281. The van der Waals surface area contributed by atoms with Crippen LogP contribution in [-0.2, 0) is 13.9 Å². The molecule has 0 saturated carbocycles. The van der Waals surface area contributed by atoms with Gasteiger partial charge in [-0.2, -0.15) is 0 Å². The van der Waals surface area contributed by atoms with Gasteiger partial charge in [0.25, 0.3) is 0 Å². The Bertz CT molecular complexity index is 466. The third-order valence-electron chi connectivity index (χ3n) is 4.68. The number of unbranched alkanes of at least 4 members (excludes halogenated alkanes) is 11. The lowest BCUT2D eigenvalue weighted by molar-refractivity contribution is -0.342. The molecule has 172 valence electrons. The average molecular weight is 434 g/mol. The molecule has 0 aromatic heterocycles. The molecule has 1 atom stereocenters. The second kappa shape index (κ2) is 19.3. The Balaban J connectivity index is 3.49. The van der Waals surface area contributed by atoms with E-state index in [4.69, 9.17) is 5.11 Å². The lowest BCUT2D eigenvalue weighted by Gasteiger charge is -2.30. The fourth-order valence-electron chi connectivity index (χ4n) is 2.98. The van der Waals surface area contributed by atoms with Gasteiger partial charge >= 0.3 is 0 Å². The molecule has 2 N–H and O–H groups in total. The van der Waals surface area contributed by atoms with E-state index in [1.54, 1.807) is 0 Å². The van der Waals surface area contributed by atoms with E-state index < -0.39 is 27.1 Å². The Morgan fingerprint density at radius 1 is 0.966 bits per heavy atom. The zero-order valence-electron chi connectivity index (χ0n) is 18.0. The molecular weight excluding hydrogens is 393 g/mol. The molecule has 0 aliphatic heterocycles. The average Bonchev–Trinajstić information content (AvgIpc) is 2.67. The minimum atomic E-state index is -5.10. The third kappa shape index (κ3) is 21.8. The molecular formula is C21H40NO6P-2. The normalized spacial score (nSPS) is 13.1. The van der Waals surface area contributed by atoms with Gasteiger partial charge in [-0.05, 0) is 32.1 Å². The Labute approximate surface area is 176 Å². The molecule has 0 aliphatic rings. The largest absolute Gasteiger partial charge is 0.790 e. The van der Waals surface area contributed by atoms with Crippen LogP contribution in [0.1, 0.15) is 96.8 Å². The molecule has 0 aromatic rings. The monoisotopic (exact) mass is 433 g/mol. The molecule has 0 aliphatic carbocycles. The van der Waals surface area contributed by atoms with Crippen molar-refractivity contribution in [3.05, 3.63) is 12.2 Å². The van der Waals surface area contributed by atoms with Crippen molar-refractivity contribution in [2.45, 2.75) is 103 Å². The maximum atomic E-state index is 11.8. The molecule has 8 heteroatoms. The van der Waals surface area contributed by atoms with Gasteiger partial charge in [0.05, 0.1) is 27.1 Å². The van der Waals surface area contributed by atoms with Crippen molar-refractivity contribution < 1.29 is 28.8 Å². The first-order valence-corrected chi connectivity index (χ1v) is 12.6. The van der Waals surface area contributed by atoms with Crippen LogP contribution in [0.15, 0.2) is 12.2 Å². The summed E-state index contributed by atoms with van der Waals surface area (Å²) in [5.74, 6) is -0.281. The zero-order chi connectivity index (χ0) is 21.8. The van der Waals surface area contributed by atoms with Gasteiger partial charge in [-0.1, -0.05) is 70.4 Å². The van der Waals surface area contributed by atoms with E-state index in [0.717, 1.165) is 38.5 Å². The van der Waals surface area contributed by atoms with Crippen LogP contribution in [0.4, 0.5) is 0 Å². The number of nitrogens with one attached hydrogen (secondary N) is 1. The highest BCUT2D eigenvalue weighted by Gasteiger charge is 2.12. The highest BCUT2D eigenvalue weighted by atomic mass is 31.2. The Hall–Kier alpha value is -0.720. The van der Waals surface area contributed by atoms with E-state index in [1.165, 1.54) is 44.9 Å². The molecule has 0 rings (SSSR count). The molecule has 0 aromatic carbocycles. The van der Waals surface area contributed by atoms with Gasteiger partial charge in [-0.15, -0.1) is 0 Å². The van der Waals surface area contributed by atoms with Crippen LogP contribution in [0.5, 0.6) is 0 Å². The quantitative estimate of drug-likeness (QED) is 0.172. The fourth-order valence-corrected chi connectivity index (χ4v) is 3.34. The summed E-state index contributed by atoms with van der Waals surface area (Å²) in [6, 6.07) is -0.887. The number of carbonyl (C=O) groups is 1. The van der Waals surface area contributed by atoms with Crippen molar-refractivity contribution >= 4 is 13.7 Å². The Morgan fingerprint density at radius 2 is 1.48 bits per heavy atom. The number of allylic oxidation sites excluding steroid dienone is 2. The van der Waals surface area contributed by atoms with Gasteiger partial charge in [0.1, 0.15) is 0 Å². The third-order valence-corrected chi connectivity index (χ3v) is 5.15. The summed E-state index contributed by atoms with van der Waals surface area (Å²) >= 11 is 0. The van der Waals surface area contributed by atoms with Crippen LogP contribution in [-0.4, -0.2) is 30.3 Å². The smallest absolute Gasteiger partial charge is 0.220 e. The second-order valence-corrected chi connectivity index (χ2v) is 8.68. The summed E-state index contributed by atoms with van der Waals surface area (Å²) in [6.07, 6.45) is 20.2. The van der Waals surface area contributed by atoms with Crippen molar-refractivity contribution in [2.75, 3.05) is 13.2 Å². The van der Waals surface area contributed by atoms with Gasteiger partial charge in [0, 0.05) is 6.42 Å². The Kier molecular flexibility index (Phi) is 18.8. The zero-order valence-corrected chi connectivity index (χ0v) is 18.9. The molecule has 0 spiro atoms. The van der Waals surface area contributed by atoms with Gasteiger partial charge in [0.15, 0.2) is 0 Å². The predicted molar refractivity (Wildman–Crippen MR) is 112 cm³/mol. The van der Waals surface area contributed by atoms with E-state index >= 15 is 0 Å². The number of amides is 1. The van der Waals surface area contributed by atoms with Crippen LogP contribution in [0.2, 0.25) is 0 Å². The number of hydrogen-bond donors (Lipinski definition) is 2. The van der Waals surface area contributed by atoms with Gasteiger partial charge < -0.3 is 29.3 Å². The standard InChI is InChI=1S/C21H42NO6P/c1-2-3-4-5-6-7-8-9-10-11-12-13-14-15-16-17-21(24)22-20(18-23)19-28-29(25,26)27/h9-10,20,23H,2-8,11-19H2,1H3,(H,22,24)(H2,25,26,27)/p-2/b10-9-/t20-/m1/s1. The molecule has 0 radical (unpaired) electrons. The molecule has 0 heterocycles. The highest BCUT2D eigenvalue weighted by molar-refractivity contribution is 7.43. The van der Waals surface area contributed by atoms with Crippen molar-refractivity contribution in [1.29, 1.82) is 0 Å². The predicted octanol–water partition coefficient (Wildman–Crippen LogP) is 3.35. The van der Waals surface area contributed by atoms with E-state index in [9.17, 15) is 19.1 Å². The number of carbonyl (C=O) groups excluding carboxylic acids is 1. The van der Waals surface area contributed by atoms with E-state index in [2.05, 4.69) is 28.9 Å². The lowest BCUT2D eigenvalue weighted by Crippen LogP contribution is -2.41. The first-order valence-electron chi connectivity index (χ1n) is 11.1. The number of hydrogen-bond acceptors (Lipinski definition) is 6. The van der Waals surface area contributed by atoms with Crippen LogP contribution in [0.25, 0.3) is 0 Å². The van der Waals surface area contributed by atoms with Crippen molar-refractivity contribution in [3.8, 4) is 0 Å². The van der Waals surface area contributed by atoms with Gasteiger partial charge in [-0.25, -0.2) is 0 Å². The second-order valence-electron chi connectivity index (χ2n) is 7.52. The van der Waals surface area contributed by atoms with Crippen LogP contribution in [0, 0.1) is 0 Å². The molecule has 0 bridgehead atoms. The number of phosphoric ester groups is 1. The number of phosphoric acid groups is 1. The molecule has 0 unspecified atom stereocenters. The fraction of sp³-hybridized carbons (Fsp3) is 0.857. The number of aliphatic hydroxyl groups excluding tert-OH is 1. The van der Waals surface area contributed by atoms with E-state index in [-0.39, 0.29) is 5.91 Å². The van der Waals surface area contributed by atoms with Crippen molar-refractivity contribution in [2.24, 2.45) is 0 Å². The molecule has 7 nitrogen and oxygen atoms in total. The van der Waals surface area contributed by atoms with Crippen molar-refractivity contribution in [3.63, 3.8) is 0 Å². The van der Waals surface area contributed by atoms with Gasteiger partial charge in [0.2, 0.25) is 5.91 Å². The Morgan fingerprint density at radius 3 is 2.00 bits per heavy atom.